The van der Waals surface area contributed by atoms with E-state index in [2.05, 4.69) is 254 Å². The molecule has 0 aliphatic heterocycles. The van der Waals surface area contributed by atoms with Gasteiger partial charge < -0.3 is 9.13 Å². The Labute approximate surface area is 395 Å². The Morgan fingerprint density at radius 1 is 0.309 bits per heavy atom. The highest BCUT2D eigenvalue weighted by Crippen LogP contribution is 2.53. The van der Waals surface area contributed by atoms with Crippen LogP contribution in [-0.2, 0) is 5.41 Å². The van der Waals surface area contributed by atoms with Gasteiger partial charge in [-0.05, 0) is 150 Å². The second-order valence-corrected chi connectivity index (χ2v) is 18.9. The summed E-state index contributed by atoms with van der Waals surface area (Å²) in [5, 5.41) is 10.1. The van der Waals surface area contributed by atoms with Gasteiger partial charge in [-0.3, -0.25) is 0 Å². The van der Waals surface area contributed by atoms with Crippen LogP contribution in [0.3, 0.4) is 0 Å². The van der Waals surface area contributed by atoms with Gasteiger partial charge in [0, 0.05) is 38.3 Å². The van der Waals surface area contributed by atoms with Crippen molar-refractivity contribution in [2.24, 2.45) is 0 Å². The van der Waals surface area contributed by atoms with Gasteiger partial charge in [-0.2, -0.15) is 0 Å². The van der Waals surface area contributed by atoms with Gasteiger partial charge in [0.15, 0.2) is 0 Å². The molecule has 68 heavy (non-hydrogen) atoms. The van der Waals surface area contributed by atoms with Crippen LogP contribution in [0.15, 0.2) is 231 Å². The molecule has 13 aromatic rings. The summed E-state index contributed by atoms with van der Waals surface area (Å²) in [6.07, 6.45) is 1.05. The van der Waals surface area contributed by atoms with Gasteiger partial charge in [-0.1, -0.05) is 178 Å². The summed E-state index contributed by atoms with van der Waals surface area (Å²) in [7, 11) is 0. The standard InChI is InChI=1S/C66H46N2/c1-3-66(2)58-26-14-11-19-48(58)49-36-31-45(41-59(49)66)65-54-24-9-7-22-52(54)64(53-23-8-10-25-55(53)65)42-29-34-47(35-30-42)68-61-28-16-13-21-51(61)57-40-44(33-38-63(57)68)43-32-37-62-56(39-43)50-20-12-15-27-60(50)67(62)46-17-5-4-6-18-46/h4-41H,3H2,1-2H3. The van der Waals surface area contributed by atoms with Crippen LogP contribution < -0.4 is 0 Å². The van der Waals surface area contributed by atoms with Gasteiger partial charge >= 0.3 is 0 Å². The lowest BCUT2D eigenvalue weighted by Gasteiger charge is -2.26. The molecule has 0 saturated heterocycles. The molecule has 0 fully saturated rings. The number of hydrogen-bond acceptors (Lipinski definition) is 0. The maximum Gasteiger partial charge on any atom is 0.0541 e. The predicted molar refractivity (Wildman–Crippen MR) is 289 cm³/mol. The van der Waals surface area contributed by atoms with E-state index in [4.69, 9.17) is 0 Å². The molecule has 2 nitrogen and oxygen atoms in total. The minimum absolute atomic E-state index is 0.0324. The molecule has 0 amide bonds. The fourth-order valence-electron chi connectivity index (χ4n) is 12.1. The predicted octanol–water partition coefficient (Wildman–Crippen LogP) is 17.9. The van der Waals surface area contributed by atoms with E-state index in [1.54, 1.807) is 0 Å². The molecule has 0 radical (unpaired) electrons. The first-order valence-electron chi connectivity index (χ1n) is 24.0. The fourth-order valence-corrected chi connectivity index (χ4v) is 12.1. The van der Waals surface area contributed by atoms with Crippen molar-refractivity contribution in [1.29, 1.82) is 0 Å². The van der Waals surface area contributed by atoms with Crippen molar-refractivity contribution in [3.63, 3.8) is 0 Å². The molecule has 0 saturated carbocycles. The number of aromatic nitrogens is 2. The van der Waals surface area contributed by atoms with Crippen LogP contribution in [0.25, 0.3) is 121 Å². The van der Waals surface area contributed by atoms with Crippen LogP contribution >= 0.6 is 0 Å². The minimum Gasteiger partial charge on any atom is -0.309 e. The molecule has 1 atom stereocenters. The largest absolute Gasteiger partial charge is 0.309 e. The van der Waals surface area contributed by atoms with E-state index < -0.39 is 0 Å². The van der Waals surface area contributed by atoms with E-state index in [0.29, 0.717) is 0 Å². The van der Waals surface area contributed by atoms with Gasteiger partial charge in [0.05, 0.1) is 22.1 Å². The molecular weight excluding hydrogens is 821 g/mol. The third kappa shape index (κ3) is 5.52. The highest BCUT2D eigenvalue weighted by molar-refractivity contribution is 6.22. The highest BCUT2D eigenvalue weighted by Gasteiger charge is 2.38. The lowest BCUT2D eigenvalue weighted by Crippen LogP contribution is -2.19. The average molecular weight is 867 g/mol. The van der Waals surface area contributed by atoms with E-state index in [9.17, 15) is 0 Å². The lowest BCUT2D eigenvalue weighted by molar-refractivity contribution is 0.565. The average Bonchev–Trinajstić information content (AvgIpc) is 4.01. The summed E-state index contributed by atoms with van der Waals surface area (Å²) in [5.41, 5.74) is 20.2. The van der Waals surface area contributed by atoms with Crippen LogP contribution in [-0.4, -0.2) is 9.13 Å². The van der Waals surface area contributed by atoms with E-state index in [-0.39, 0.29) is 5.41 Å². The Hall–Kier alpha value is -8.46. The van der Waals surface area contributed by atoms with Crippen molar-refractivity contribution in [1.82, 2.24) is 9.13 Å². The van der Waals surface area contributed by atoms with Crippen molar-refractivity contribution in [3.8, 4) is 55.9 Å². The molecule has 1 aliphatic carbocycles. The normalized spacial score (nSPS) is 14.4. The van der Waals surface area contributed by atoms with Crippen molar-refractivity contribution in [2.45, 2.75) is 25.7 Å². The third-order valence-electron chi connectivity index (χ3n) is 15.5. The first-order chi connectivity index (χ1) is 33.6. The number of hydrogen-bond donors (Lipinski definition) is 0. The third-order valence-corrected chi connectivity index (χ3v) is 15.5. The molecular formula is C66H46N2. The second-order valence-electron chi connectivity index (χ2n) is 18.9. The van der Waals surface area contributed by atoms with Gasteiger partial charge in [0.25, 0.3) is 0 Å². The quantitative estimate of drug-likeness (QED) is 0.147. The Morgan fingerprint density at radius 2 is 0.721 bits per heavy atom. The molecule has 2 aromatic heterocycles. The molecule has 1 aliphatic rings. The topological polar surface area (TPSA) is 9.86 Å². The van der Waals surface area contributed by atoms with Gasteiger partial charge in [-0.15, -0.1) is 0 Å². The summed E-state index contributed by atoms with van der Waals surface area (Å²) in [4.78, 5) is 0. The summed E-state index contributed by atoms with van der Waals surface area (Å²) in [5.74, 6) is 0. The van der Waals surface area contributed by atoms with Crippen LogP contribution in [0.1, 0.15) is 31.4 Å². The lowest BCUT2D eigenvalue weighted by atomic mass is 9.77. The molecule has 320 valence electrons. The molecule has 0 bridgehead atoms. The van der Waals surface area contributed by atoms with E-state index in [1.165, 1.54) is 126 Å². The van der Waals surface area contributed by atoms with E-state index in [0.717, 1.165) is 12.1 Å². The van der Waals surface area contributed by atoms with Crippen molar-refractivity contribution >= 4 is 65.2 Å². The monoisotopic (exact) mass is 866 g/mol. The molecule has 0 spiro atoms. The first-order valence-corrected chi connectivity index (χ1v) is 24.0. The zero-order valence-corrected chi connectivity index (χ0v) is 38.0. The Balaban J connectivity index is 0.883. The fraction of sp³-hybridized carbons (Fsp3) is 0.0606. The van der Waals surface area contributed by atoms with Crippen LogP contribution in [0.5, 0.6) is 0 Å². The SMILES string of the molecule is CCC1(C)c2ccccc2-c2ccc(-c3c4ccccc4c(-c4ccc(-n5c6ccccc6c6cc(-c7ccc8c(c7)c7ccccc7n8-c7ccccc7)ccc65)cc4)c4ccccc34)cc21. The molecule has 2 heterocycles. The minimum atomic E-state index is -0.0324. The van der Waals surface area contributed by atoms with Crippen molar-refractivity contribution in [2.75, 3.05) is 0 Å². The van der Waals surface area contributed by atoms with Crippen molar-refractivity contribution in [3.05, 3.63) is 242 Å². The number of benzene rings is 11. The number of para-hydroxylation sites is 3. The van der Waals surface area contributed by atoms with Crippen LogP contribution in [0.4, 0.5) is 0 Å². The van der Waals surface area contributed by atoms with E-state index >= 15 is 0 Å². The van der Waals surface area contributed by atoms with Gasteiger partial charge in [-0.25, -0.2) is 0 Å². The maximum absolute atomic E-state index is 2.50. The van der Waals surface area contributed by atoms with Crippen LogP contribution in [0, 0.1) is 0 Å². The highest BCUT2D eigenvalue weighted by atomic mass is 15.0. The van der Waals surface area contributed by atoms with Crippen LogP contribution in [0.2, 0.25) is 0 Å². The smallest absolute Gasteiger partial charge is 0.0541 e. The molecule has 0 N–H and O–H groups in total. The summed E-state index contributed by atoms with van der Waals surface area (Å²) < 4.78 is 4.82. The van der Waals surface area contributed by atoms with Crippen molar-refractivity contribution < 1.29 is 0 Å². The molecule has 2 heteroatoms. The number of rotatable bonds is 6. The summed E-state index contributed by atoms with van der Waals surface area (Å²) in [6.45, 7) is 4.75. The van der Waals surface area contributed by atoms with E-state index in [1.807, 2.05) is 0 Å². The maximum atomic E-state index is 2.50. The Kier molecular flexibility index (Phi) is 8.42. The molecule has 14 rings (SSSR count). The first kappa shape index (κ1) is 38.8. The zero-order chi connectivity index (χ0) is 45.1. The zero-order valence-electron chi connectivity index (χ0n) is 38.0. The summed E-state index contributed by atoms with van der Waals surface area (Å²) in [6, 6.07) is 85.8. The van der Waals surface area contributed by atoms with Gasteiger partial charge in [0.1, 0.15) is 0 Å². The van der Waals surface area contributed by atoms with Gasteiger partial charge in [0.2, 0.25) is 0 Å². The Morgan fingerprint density at radius 3 is 1.28 bits per heavy atom. The number of nitrogens with zero attached hydrogens (tertiary/aromatic N) is 2. The number of fused-ring (bicyclic) bond motifs is 11. The second kappa shape index (κ2) is 14.8. The Bertz CT molecular complexity index is 4130. The molecule has 11 aromatic carbocycles. The summed E-state index contributed by atoms with van der Waals surface area (Å²) >= 11 is 0. The molecule has 1 unspecified atom stereocenters.